The first kappa shape index (κ1) is 18.2. The van der Waals surface area contributed by atoms with Gasteiger partial charge in [-0.2, -0.15) is 0 Å². The number of nitrogens with one attached hydrogen (secondary N) is 1. The highest BCUT2D eigenvalue weighted by Gasteiger charge is 2.25. The average molecular weight is 378 g/mol. The lowest BCUT2D eigenvalue weighted by atomic mass is 10.2. The Hall–Kier alpha value is -3.19. The Bertz CT molecular complexity index is 976. The Labute approximate surface area is 162 Å². The number of nitrogens with zero attached hydrogens (tertiary/aromatic N) is 3. The smallest absolute Gasteiger partial charge is 0.272 e. The van der Waals surface area contributed by atoms with Gasteiger partial charge in [-0.3, -0.25) is 19.7 Å². The van der Waals surface area contributed by atoms with Crippen LogP contribution < -0.4 is 5.56 Å². The minimum Gasteiger partial charge on any atom is -0.376 e. The van der Waals surface area contributed by atoms with Crippen LogP contribution in [0.4, 0.5) is 0 Å². The number of para-hydroxylation sites is 1. The maximum absolute atomic E-state index is 13.2. The zero-order chi connectivity index (χ0) is 19.3. The Morgan fingerprint density at radius 2 is 2.00 bits per heavy atom. The molecule has 1 atom stereocenters. The Kier molecular flexibility index (Phi) is 5.34. The molecule has 1 aliphatic heterocycles. The molecule has 3 heterocycles. The summed E-state index contributed by atoms with van der Waals surface area (Å²) in [5.41, 5.74) is 1.66. The van der Waals surface area contributed by atoms with Crippen molar-refractivity contribution < 1.29 is 9.53 Å². The number of amides is 1. The highest BCUT2D eigenvalue weighted by molar-refractivity contribution is 5.92. The van der Waals surface area contributed by atoms with Gasteiger partial charge in [-0.25, -0.2) is 4.68 Å². The van der Waals surface area contributed by atoms with E-state index in [0.29, 0.717) is 18.8 Å². The van der Waals surface area contributed by atoms with Crippen LogP contribution in [0.25, 0.3) is 5.69 Å². The molecule has 1 aliphatic rings. The molecule has 1 N–H and O–H groups in total. The Morgan fingerprint density at radius 3 is 2.71 bits per heavy atom. The zero-order valence-electron chi connectivity index (χ0n) is 15.5. The lowest BCUT2D eigenvalue weighted by molar-refractivity contribution is 0.0502. The molecule has 1 unspecified atom stereocenters. The number of ether oxygens (including phenoxy) is 1. The summed E-state index contributed by atoms with van der Waals surface area (Å²) < 4.78 is 7.10. The molecule has 1 amide bonds. The largest absolute Gasteiger partial charge is 0.376 e. The maximum atomic E-state index is 13.2. The van der Waals surface area contributed by atoms with Gasteiger partial charge in [0.05, 0.1) is 11.8 Å². The molecule has 1 aromatic carbocycles. The summed E-state index contributed by atoms with van der Waals surface area (Å²) in [4.78, 5) is 31.4. The van der Waals surface area contributed by atoms with Gasteiger partial charge in [0.2, 0.25) is 0 Å². The van der Waals surface area contributed by atoms with Gasteiger partial charge < -0.3 is 9.64 Å². The van der Waals surface area contributed by atoms with Crippen molar-refractivity contribution in [3.8, 4) is 5.69 Å². The summed E-state index contributed by atoms with van der Waals surface area (Å²) in [7, 11) is 0. The normalized spacial score (nSPS) is 16.2. The second-order valence-corrected chi connectivity index (χ2v) is 6.86. The van der Waals surface area contributed by atoms with Crippen molar-refractivity contribution in [2.45, 2.75) is 25.5 Å². The molecule has 1 fully saturated rings. The second kappa shape index (κ2) is 8.22. The Balaban J connectivity index is 1.60. The van der Waals surface area contributed by atoms with E-state index in [1.54, 1.807) is 17.3 Å². The van der Waals surface area contributed by atoms with E-state index >= 15 is 0 Å². The van der Waals surface area contributed by atoms with Crippen LogP contribution in [-0.2, 0) is 11.3 Å². The van der Waals surface area contributed by atoms with Crippen LogP contribution in [-0.4, -0.2) is 44.8 Å². The predicted octanol–water partition coefficient (Wildman–Crippen LogP) is 2.38. The second-order valence-electron chi connectivity index (χ2n) is 6.86. The van der Waals surface area contributed by atoms with Crippen molar-refractivity contribution in [3.05, 3.63) is 82.5 Å². The van der Waals surface area contributed by atoms with Crippen LogP contribution >= 0.6 is 0 Å². The monoisotopic (exact) mass is 378 g/mol. The third kappa shape index (κ3) is 4.04. The number of carbonyl (C=O) groups is 1. The third-order valence-corrected chi connectivity index (χ3v) is 4.82. The number of H-pyrrole nitrogens is 1. The van der Waals surface area contributed by atoms with E-state index in [9.17, 15) is 9.59 Å². The van der Waals surface area contributed by atoms with E-state index in [1.807, 2.05) is 42.5 Å². The van der Waals surface area contributed by atoms with E-state index in [0.717, 1.165) is 25.0 Å². The Morgan fingerprint density at radius 1 is 1.21 bits per heavy atom. The van der Waals surface area contributed by atoms with Crippen LogP contribution in [0.1, 0.15) is 28.9 Å². The maximum Gasteiger partial charge on any atom is 0.272 e. The first-order valence-corrected chi connectivity index (χ1v) is 9.38. The van der Waals surface area contributed by atoms with Crippen molar-refractivity contribution >= 4 is 5.91 Å². The molecule has 0 bridgehead atoms. The fraction of sp³-hybridized carbons (Fsp3) is 0.286. The van der Waals surface area contributed by atoms with Crippen molar-refractivity contribution in [3.63, 3.8) is 0 Å². The molecule has 0 radical (unpaired) electrons. The zero-order valence-corrected chi connectivity index (χ0v) is 15.5. The van der Waals surface area contributed by atoms with E-state index in [-0.39, 0.29) is 23.3 Å². The van der Waals surface area contributed by atoms with Crippen LogP contribution in [0, 0.1) is 0 Å². The van der Waals surface area contributed by atoms with Gasteiger partial charge in [-0.1, -0.05) is 18.2 Å². The number of rotatable bonds is 6. The van der Waals surface area contributed by atoms with E-state index in [1.165, 1.54) is 10.7 Å². The fourth-order valence-electron chi connectivity index (χ4n) is 3.41. The SMILES string of the molecule is O=C(c1cc(=O)n(-c2ccccc2)[nH]1)N(Cc1ccncc1)CC1CCCO1. The summed E-state index contributed by atoms with van der Waals surface area (Å²) in [5, 5.41) is 2.95. The highest BCUT2D eigenvalue weighted by Crippen LogP contribution is 2.17. The number of benzene rings is 1. The van der Waals surface area contributed by atoms with Gasteiger partial charge in [-0.05, 0) is 42.7 Å². The quantitative estimate of drug-likeness (QED) is 0.714. The molecule has 3 aromatic rings. The molecule has 4 rings (SSSR count). The number of aromatic amines is 1. The number of pyridine rings is 1. The van der Waals surface area contributed by atoms with Crippen molar-refractivity contribution in [1.29, 1.82) is 0 Å². The number of hydrogen-bond acceptors (Lipinski definition) is 4. The predicted molar refractivity (Wildman–Crippen MR) is 104 cm³/mol. The lowest BCUT2D eigenvalue weighted by Crippen LogP contribution is -2.37. The fourth-order valence-corrected chi connectivity index (χ4v) is 3.41. The van der Waals surface area contributed by atoms with Gasteiger partial charge >= 0.3 is 0 Å². The molecule has 0 aliphatic carbocycles. The van der Waals surface area contributed by atoms with Crippen LogP contribution in [0.3, 0.4) is 0 Å². The summed E-state index contributed by atoms with van der Waals surface area (Å²) in [6.07, 6.45) is 5.37. The molecule has 144 valence electrons. The molecule has 0 spiro atoms. The van der Waals surface area contributed by atoms with Gasteiger partial charge in [0.25, 0.3) is 11.5 Å². The molecular formula is C21H22N4O3. The van der Waals surface area contributed by atoms with Gasteiger partial charge in [-0.15, -0.1) is 0 Å². The first-order valence-electron chi connectivity index (χ1n) is 9.38. The number of hydrogen-bond donors (Lipinski definition) is 1. The van der Waals surface area contributed by atoms with Crippen LogP contribution in [0.15, 0.2) is 65.7 Å². The topological polar surface area (TPSA) is 80.2 Å². The summed E-state index contributed by atoms with van der Waals surface area (Å²) in [5.74, 6) is -0.223. The van der Waals surface area contributed by atoms with E-state index in [4.69, 9.17) is 4.74 Å². The summed E-state index contributed by atoms with van der Waals surface area (Å²) in [6, 6.07) is 14.3. The van der Waals surface area contributed by atoms with Gasteiger partial charge in [0.1, 0.15) is 5.69 Å². The molecule has 7 nitrogen and oxygen atoms in total. The van der Waals surface area contributed by atoms with Crippen molar-refractivity contribution in [2.75, 3.05) is 13.2 Å². The van der Waals surface area contributed by atoms with E-state index < -0.39 is 0 Å². The van der Waals surface area contributed by atoms with Crippen LogP contribution in [0.2, 0.25) is 0 Å². The lowest BCUT2D eigenvalue weighted by Gasteiger charge is -2.25. The van der Waals surface area contributed by atoms with E-state index in [2.05, 4.69) is 10.1 Å². The summed E-state index contributed by atoms with van der Waals surface area (Å²) >= 11 is 0. The third-order valence-electron chi connectivity index (χ3n) is 4.82. The molecule has 7 heteroatoms. The standard InChI is InChI=1S/C21H22N4O3/c26-20-13-19(23-25(20)17-5-2-1-3-6-17)21(27)24(15-18-7-4-12-28-18)14-16-8-10-22-11-9-16/h1-3,5-6,8-11,13,18,23H,4,7,12,14-15H2. The summed E-state index contributed by atoms with van der Waals surface area (Å²) in [6.45, 7) is 1.64. The highest BCUT2D eigenvalue weighted by atomic mass is 16.5. The number of aromatic nitrogens is 3. The molecule has 28 heavy (non-hydrogen) atoms. The molecule has 0 saturated carbocycles. The molecule has 1 saturated heterocycles. The van der Waals surface area contributed by atoms with Gasteiger partial charge in [0, 0.05) is 38.2 Å². The van der Waals surface area contributed by atoms with Gasteiger partial charge in [0.15, 0.2) is 0 Å². The minimum absolute atomic E-state index is 0.0220. The number of carbonyl (C=O) groups excluding carboxylic acids is 1. The molecule has 2 aromatic heterocycles. The molecular weight excluding hydrogens is 356 g/mol. The first-order chi connectivity index (χ1) is 13.7. The van der Waals surface area contributed by atoms with Crippen molar-refractivity contribution in [2.24, 2.45) is 0 Å². The minimum atomic E-state index is -0.268. The van der Waals surface area contributed by atoms with Crippen LogP contribution in [0.5, 0.6) is 0 Å². The van der Waals surface area contributed by atoms with Crippen molar-refractivity contribution in [1.82, 2.24) is 19.7 Å². The average Bonchev–Trinajstić information content (AvgIpc) is 3.38.